The second-order valence-corrected chi connectivity index (χ2v) is 5.32. The van der Waals surface area contributed by atoms with Gasteiger partial charge in [0.15, 0.2) is 0 Å². The summed E-state index contributed by atoms with van der Waals surface area (Å²) in [6, 6.07) is 3.69. The molecule has 0 atom stereocenters. The van der Waals surface area contributed by atoms with Gasteiger partial charge in [-0.1, -0.05) is 0 Å². The minimum atomic E-state index is -0.562. The predicted molar refractivity (Wildman–Crippen MR) is 63.2 cm³/mol. The molecule has 0 N–H and O–H groups in total. The molecule has 0 saturated carbocycles. The lowest BCUT2D eigenvalue weighted by atomic mass is 10.3. The van der Waals surface area contributed by atoms with Crippen molar-refractivity contribution in [3.05, 3.63) is 34.0 Å². The highest BCUT2D eigenvalue weighted by Crippen LogP contribution is 2.32. The molecule has 2 rings (SSSR count). The maximum atomic E-state index is 11.0. The molecule has 0 aliphatic rings. The normalized spacial score (nSPS) is 10.3. The molecule has 0 aromatic carbocycles. The van der Waals surface area contributed by atoms with Crippen LogP contribution in [-0.4, -0.2) is 15.2 Å². The zero-order valence-electron chi connectivity index (χ0n) is 7.28. The van der Waals surface area contributed by atoms with E-state index in [9.17, 15) is 4.79 Å². The Kier molecular flexibility index (Phi) is 3.14. The molecule has 0 fully saturated rings. The van der Waals surface area contributed by atoms with Crippen molar-refractivity contribution >= 4 is 44.1 Å². The van der Waals surface area contributed by atoms with Crippen molar-refractivity contribution in [1.29, 1.82) is 0 Å². The molecule has 0 radical (unpaired) electrons. The molecule has 2 heterocycles. The Morgan fingerprint density at radius 1 is 1.53 bits per heavy atom. The number of carbonyl (C=O) groups is 1. The van der Waals surface area contributed by atoms with E-state index in [-0.39, 0.29) is 5.69 Å². The first kappa shape index (κ1) is 10.7. The van der Waals surface area contributed by atoms with Gasteiger partial charge >= 0.3 is 0 Å². The van der Waals surface area contributed by atoms with Crippen molar-refractivity contribution in [3.63, 3.8) is 0 Å². The number of carbonyl (C=O) groups excluding carboxylic acids is 1. The average Bonchev–Trinajstić information content (AvgIpc) is 2.62. The minimum absolute atomic E-state index is 0.250. The van der Waals surface area contributed by atoms with Crippen LogP contribution in [-0.2, 0) is 0 Å². The number of hydrogen-bond donors (Lipinski definition) is 0. The largest absolute Gasteiger partial charge is 0.274 e. The Morgan fingerprint density at radius 3 is 2.87 bits per heavy atom. The summed E-state index contributed by atoms with van der Waals surface area (Å²) in [5.41, 5.74) is 1.12. The van der Waals surface area contributed by atoms with Gasteiger partial charge in [0, 0.05) is 18.0 Å². The first-order chi connectivity index (χ1) is 7.18. The molecule has 2 aromatic heterocycles. The third-order valence-corrected chi connectivity index (χ3v) is 3.61. The average molecular weight is 304 g/mol. The summed E-state index contributed by atoms with van der Waals surface area (Å²) >= 11 is 9.97. The molecule has 0 amide bonds. The van der Waals surface area contributed by atoms with E-state index >= 15 is 0 Å². The van der Waals surface area contributed by atoms with Gasteiger partial charge in [-0.15, -0.1) is 11.3 Å². The van der Waals surface area contributed by atoms with Gasteiger partial charge in [-0.05, 0) is 39.7 Å². The van der Waals surface area contributed by atoms with Crippen molar-refractivity contribution in [3.8, 4) is 10.6 Å². The number of pyridine rings is 1. The van der Waals surface area contributed by atoms with Gasteiger partial charge in [0.25, 0.3) is 5.24 Å². The number of aromatic nitrogens is 2. The lowest BCUT2D eigenvalue weighted by Gasteiger charge is -1.91. The van der Waals surface area contributed by atoms with Gasteiger partial charge in [0.05, 0.1) is 0 Å². The fourth-order valence-corrected chi connectivity index (χ4v) is 2.85. The Labute approximate surface area is 103 Å². The fourth-order valence-electron chi connectivity index (χ4n) is 1.04. The van der Waals surface area contributed by atoms with E-state index in [0.29, 0.717) is 3.79 Å². The number of rotatable bonds is 2. The second kappa shape index (κ2) is 4.38. The van der Waals surface area contributed by atoms with E-state index in [1.165, 1.54) is 11.3 Å². The maximum Gasteiger partial charge on any atom is 0.272 e. The number of hydrogen-bond acceptors (Lipinski definition) is 4. The SMILES string of the molecule is O=C(Cl)c1nc(-c2cccnc2)sc1Br. The van der Waals surface area contributed by atoms with E-state index in [0.717, 1.165) is 10.6 Å². The zero-order valence-corrected chi connectivity index (χ0v) is 10.4. The quantitative estimate of drug-likeness (QED) is 0.799. The Bertz CT molecular complexity index is 500. The lowest BCUT2D eigenvalue weighted by molar-refractivity contribution is 0.107. The van der Waals surface area contributed by atoms with Crippen molar-refractivity contribution < 1.29 is 4.79 Å². The molecular weight excluding hydrogens is 300 g/mol. The number of thiazole rings is 1. The lowest BCUT2D eigenvalue weighted by Crippen LogP contribution is -1.89. The fraction of sp³-hybridized carbons (Fsp3) is 0. The molecule has 0 unspecified atom stereocenters. The van der Waals surface area contributed by atoms with Gasteiger partial charge in [-0.2, -0.15) is 0 Å². The topological polar surface area (TPSA) is 42.9 Å². The molecule has 15 heavy (non-hydrogen) atoms. The predicted octanol–water partition coefficient (Wildman–Crippen LogP) is 3.35. The van der Waals surface area contributed by atoms with Crippen LogP contribution >= 0.6 is 38.9 Å². The molecule has 3 nitrogen and oxygen atoms in total. The molecule has 76 valence electrons. The Balaban J connectivity index is 2.48. The van der Waals surface area contributed by atoms with E-state index < -0.39 is 5.24 Å². The molecule has 0 saturated heterocycles. The van der Waals surface area contributed by atoms with Crippen LogP contribution in [0.25, 0.3) is 10.6 Å². The van der Waals surface area contributed by atoms with Crippen LogP contribution < -0.4 is 0 Å². The van der Waals surface area contributed by atoms with Crippen molar-refractivity contribution in [2.24, 2.45) is 0 Å². The molecule has 0 aliphatic heterocycles. The van der Waals surface area contributed by atoms with Crippen molar-refractivity contribution in [1.82, 2.24) is 9.97 Å². The summed E-state index contributed by atoms with van der Waals surface area (Å²) in [5.74, 6) is 0. The van der Waals surface area contributed by atoms with E-state index in [1.807, 2.05) is 12.1 Å². The van der Waals surface area contributed by atoms with Crippen LogP contribution in [0.1, 0.15) is 10.5 Å². The minimum Gasteiger partial charge on any atom is -0.274 e. The third-order valence-electron chi connectivity index (χ3n) is 1.68. The van der Waals surface area contributed by atoms with Crippen LogP contribution in [0.15, 0.2) is 28.3 Å². The summed E-state index contributed by atoms with van der Waals surface area (Å²) in [6.07, 6.45) is 3.37. The first-order valence-electron chi connectivity index (χ1n) is 3.95. The Hall–Kier alpha value is -0.780. The van der Waals surface area contributed by atoms with Crippen LogP contribution in [0.3, 0.4) is 0 Å². The van der Waals surface area contributed by atoms with Crippen LogP contribution in [0.5, 0.6) is 0 Å². The Morgan fingerprint density at radius 2 is 2.33 bits per heavy atom. The first-order valence-corrected chi connectivity index (χ1v) is 5.94. The van der Waals surface area contributed by atoms with Crippen molar-refractivity contribution in [2.75, 3.05) is 0 Å². The summed E-state index contributed by atoms with van der Waals surface area (Å²) in [6.45, 7) is 0. The monoisotopic (exact) mass is 302 g/mol. The van der Waals surface area contributed by atoms with Gasteiger partial charge in [-0.3, -0.25) is 9.78 Å². The van der Waals surface area contributed by atoms with Gasteiger partial charge in [0.2, 0.25) is 0 Å². The maximum absolute atomic E-state index is 11.0. The smallest absolute Gasteiger partial charge is 0.272 e. The summed E-state index contributed by atoms with van der Waals surface area (Å²) in [5, 5.41) is 0.159. The zero-order chi connectivity index (χ0) is 10.8. The second-order valence-electron chi connectivity index (χ2n) is 2.66. The van der Waals surface area contributed by atoms with Gasteiger partial charge in [-0.25, -0.2) is 4.98 Å². The van der Waals surface area contributed by atoms with Crippen LogP contribution in [0.2, 0.25) is 0 Å². The summed E-state index contributed by atoms with van der Waals surface area (Å²) in [4.78, 5) is 19.1. The molecule has 6 heteroatoms. The molecule has 0 bridgehead atoms. The number of nitrogens with zero attached hydrogens (tertiary/aromatic N) is 2. The number of halogens is 2. The highest BCUT2D eigenvalue weighted by molar-refractivity contribution is 9.11. The van der Waals surface area contributed by atoms with E-state index in [2.05, 4.69) is 25.9 Å². The van der Waals surface area contributed by atoms with E-state index in [4.69, 9.17) is 11.6 Å². The molecular formula is C9H4BrClN2OS. The highest BCUT2D eigenvalue weighted by Gasteiger charge is 2.15. The van der Waals surface area contributed by atoms with Crippen LogP contribution in [0.4, 0.5) is 0 Å². The molecule has 0 aliphatic carbocycles. The van der Waals surface area contributed by atoms with Gasteiger partial charge in [0.1, 0.15) is 14.5 Å². The summed E-state index contributed by atoms with van der Waals surface area (Å²) in [7, 11) is 0. The summed E-state index contributed by atoms with van der Waals surface area (Å²) < 4.78 is 0.640. The van der Waals surface area contributed by atoms with Crippen molar-refractivity contribution in [2.45, 2.75) is 0 Å². The molecule has 0 spiro atoms. The van der Waals surface area contributed by atoms with Gasteiger partial charge < -0.3 is 0 Å². The van der Waals surface area contributed by atoms with E-state index in [1.54, 1.807) is 12.4 Å². The highest BCUT2D eigenvalue weighted by atomic mass is 79.9. The van der Waals surface area contributed by atoms with Crippen LogP contribution in [0, 0.1) is 0 Å². The standard InChI is InChI=1S/C9H4BrClN2OS/c10-7-6(8(11)14)13-9(15-7)5-2-1-3-12-4-5/h1-4H. The third kappa shape index (κ3) is 2.25. The molecule has 2 aromatic rings.